The molecule has 2 aliphatic rings. The third-order valence-electron chi connectivity index (χ3n) is 3.27. The van der Waals surface area contributed by atoms with Crippen LogP contribution in [0.1, 0.15) is 18.6 Å². The molecule has 1 N–H and O–H groups in total. The largest absolute Gasteiger partial charge is 0.586 e. The minimum Gasteiger partial charge on any atom is -0.395 e. The molecule has 0 atom stereocenters. The number of aliphatic hydroxyl groups is 1. The van der Waals surface area contributed by atoms with Gasteiger partial charge in [-0.05, 0) is 35.4 Å². The Morgan fingerprint density at radius 2 is 1.15 bits per heavy atom. The van der Waals surface area contributed by atoms with Crippen molar-refractivity contribution >= 4 is 11.6 Å². The van der Waals surface area contributed by atoms with Gasteiger partial charge in [-0.3, -0.25) is 0 Å². The van der Waals surface area contributed by atoms with Gasteiger partial charge in [0.1, 0.15) is 0 Å². The Morgan fingerprint density at radius 3 is 1.59 bits per heavy atom. The minimum atomic E-state index is -3.59. The Morgan fingerprint density at radius 1 is 0.741 bits per heavy atom. The van der Waals surface area contributed by atoms with E-state index in [4.69, 9.17) is 16.7 Å². The summed E-state index contributed by atoms with van der Waals surface area (Å²) in [5.41, 5.74) is 1.21. The average molecular weight is 411 g/mol. The van der Waals surface area contributed by atoms with Crippen molar-refractivity contribution in [1.29, 1.82) is 0 Å². The Hall–Kier alpha value is -2.39. The summed E-state index contributed by atoms with van der Waals surface area (Å²) in [6, 6.07) is 8.59. The fourth-order valence-electron chi connectivity index (χ4n) is 2.17. The quantitative estimate of drug-likeness (QED) is 0.564. The van der Waals surface area contributed by atoms with Crippen LogP contribution in [0.4, 0.5) is 17.6 Å². The van der Waals surface area contributed by atoms with Gasteiger partial charge in [0.15, 0.2) is 23.0 Å². The maximum absolute atomic E-state index is 12.5. The van der Waals surface area contributed by atoms with E-state index in [1.165, 1.54) is 30.3 Å². The third kappa shape index (κ3) is 4.86. The second kappa shape index (κ2) is 7.69. The summed E-state index contributed by atoms with van der Waals surface area (Å²) in [7, 11) is 0. The van der Waals surface area contributed by atoms with Crippen molar-refractivity contribution in [3.8, 4) is 23.0 Å². The van der Waals surface area contributed by atoms with Crippen LogP contribution >= 0.6 is 11.6 Å². The summed E-state index contributed by atoms with van der Waals surface area (Å²) in [6.07, 6.45) is -7.14. The molecule has 0 amide bonds. The van der Waals surface area contributed by atoms with Gasteiger partial charge in [0, 0.05) is 5.88 Å². The van der Waals surface area contributed by atoms with Gasteiger partial charge in [0.2, 0.25) is 0 Å². The van der Waals surface area contributed by atoms with E-state index in [9.17, 15) is 17.6 Å². The normalized spacial score (nSPS) is 16.8. The van der Waals surface area contributed by atoms with Gasteiger partial charge >= 0.3 is 12.6 Å². The van der Waals surface area contributed by atoms with E-state index >= 15 is 0 Å². The number of rotatable bonds is 2. The molecule has 0 bridgehead atoms. The molecule has 0 radical (unpaired) electrons. The highest BCUT2D eigenvalue weighted by Crippen LogP contribution is 2.42. The Balaban J connectivity index is 0.000000187. The van der Waals surface area contributed by atoms with Gasteiger partial charge in [-0.2, -0.15) is 0 Å². The van der Waals surface area contributed by atoms with Crippen LogP contribution in [0.25, 0.3) is 0 Å². The molecule has 0 aromatic heterocycles. The molecule has 2 heterocycles. The number of fused-ring (bicyclic) bond motifs is 2. The maximum atomic E-state index is 12.5. The molecule has 2 aromatic rings. The molecule has 0 aliphatic carbocycles. The summed E-state index contributed by atoms with van der Waals surface area (Å²) in [4.78, 5) is 0. The highest BCUT2D eigenvalue weighted by Gasteiger charge is 2.44. The van der Waals surface area contributed by atoms with Crippen LogP contribution in [-0.2, 0) is 12.5 Å². The van der Waals surface area contributed by atoms with Crippen LogP contribution in [0.15, 0.2) is 36.4 Å². The molecule has 4 rings (SSSR count). The molecule has 0 saturated heterocycles. The number of halogens is 5. The number of alkyl halides is 5. The lowest BCUT2D eigenvalue weighted by atomic mass is 10.2. The first kappa shape index (κ1) is 20.9. The number of hydrogen-bond acceptors (Lipinski definition) is 5. The molecular weight excluding hydrogens is 396 g/mol. The number of aliphatic hydroxyl groups excluding tert-OH is 1. The Labute approximate surface area is 157 Å². The molecule has 0 unspecified atom stereocenters. The van der Waals surface area contributed by atoms with Crippen molar-refractivity contribution in [2.45, 2.75) is 32.5 Å². The Kier molecular flexibility index (Phi) is 5.96. The van der Waals surface area contributed by atoms with Crippen molar-refractivity contribution in [3.63, 3.8) is 0 Å². The number of ether oxygens (including phenoxy) is 4. The molecule has 27 heavy (non-hydrogen) atoms. The van der Waals surface area contributed by atoms with E-state index in [0.717, 1.165) is 0 Å². The molecule has 2 aliphatic heterocycles. The van der Waals surface area contributed by atoms with E-state index in [1.54, 1.807) is 6.07 Å². The zero-order valence-electron chi connectivity index (χ0n) is 12.8. The summed E-state index contributed by atoms with van der Waals surface area (Å²) < 4.78 is 66.7. The second-order valence-electron chi connectivity index (χ2n) is 5.19. The SMILES string of the molecule is C.FC1(F)Oc2ccc(CCl)cc2O1.OCc1ccc2c(c1)OC(F)(F)O2. The molecule has 0 spiro atoms. The van der Waals surface area contributed by atoms with Crippen LogP contribution in [0.5, 0.6) is 23.0 Å². The van der Waals surface area contributed by atoms with Crippen molar-refractivity contribution in [3.05, 3.63) is 47.5 Å². The fourth-order valence-corrected chi connectivity index (χ4v) is 2.33. The van der Waals surface area contributed by atoms with E-state index in [-0.39, 0.29) is 42.9 Å². The second-order valence-corrected chi connectivity index (χ2v) is 5.46. The van der Waals surface area contributed by atoms with E-state index < -0.39 is 12.6 Å². The molecule has 5 nitrogen and oxygen atoms in total. The van der Waals surface area contributed by atoms with Gasteiger partial charge in [-0.25, -0.2) is 0 Å². The van der Waals surface area contributed by atoms with Crippen LogP contribution in [-0.4, -0.2) is 17.7 Å². The van der Waals surface area contributed by atoms with Crippen LogP contribution < -0.4 is 18.9 Å². The summed E-state index contributed by atoms with van der Waals surface area (Å²) in [5, 5.41) is 8.72. The Bertz CT molecular complexity index is 748. The van der Waals surface area contributed by atoms with Crippen molar-refractivity contribution in [2.24, 2.45) is 0 Å². The lowest BCUT2D eigenvalue weighted by molar-refractivity contribution is -0.287. The molecule has 2 aromatic carbocycles. The van der Waals surface area contributed by atoms with Crippen LogP contribution in [0.2, 0.25) is 0 Å². The van der Waals surface area contributed by atoms with Gasteiger partial charge in [-0.15, -0.1) is 29.2 Å². The zero-order chi connectivity index (χ0) is 18.9. The highest BCUT2D eigenvalue weighted by atomic mass is 35.5. The smallest absolute Gasteiger partial charge is 0.395 e. The molecule has 10 heteroatoms. The summed E-state index contributed by atoms with van der Waals surface area (Å²) in [6.45, 7) is -0.220. The fraction of sp³-hybridized carbons (Fsp3) is 0.294. The zero-order valence-corrected chi connectivity index (χ0v) is 13.6. The lowest BCUT2D eigenvalue weighted by Crippen LogP contribution is -2.25. The third-order valence-corrected chi connectivity index (χ3v) is 3.58. The van der Waals surface area contributed by atoms with Gasteiger partial charge < -0.3 is 24.1 Å². The average Bonchev–Trinajstić information content (AvgIpc) is 3.05. The highest BCUT2D eigenvalue weighted by molar-refractivity contribution is 6.17. The number of benzene rings is 2. The molecule has 0 fully saturated rings. The van der Waals surface area contributed by atoms with Gasteiger partial charge in [-0.1, -0.05) is 19.6 Å². The monoisotopic (exact) mass is 410 g/mol. The van der Waals surface area contributed by atoms with E-state index in [1.807, 2.05) is 0 Å². The van der Waals surface area contributed by atoms with E-state index in [2.05, 4.69) is 18.9 Å². The topological polar surface area (TPSA) is 57.2 Å². The predicted octanol–water partition coefficient (Wildman–Crippen LogP) is 4.88. The summed E-state index contributed by atoms with van der Waals surface area (Å²) in [5.74, 6) is 0.267. The predicted molar refractivity (Wildman–Crippen MR) is 87.5 cm³/mol. The van der Waals surface area contributed by atoms with Crippen LogP contribution in [0, 0.1) is 0 Å². The standard InChI is InChI=1S/C8H5ClF2O2.C8H6F2O3.CH4/c9-4-5-1-2-6-7(3-5)13-8(10,11)12-6;9-8(10)12-6-2-1-5(4-11)3-7(6)13-8;/h1-3H,4H2;1-3,11H,4H2;1H4. The van der Waals surface area contributed by atoms with Crippen molar-refractivity contribution in [2.75, 3.05) is 0 Å². The molecular formula is C17H15ClF4O5. The maximum Gasteiger partial charge on any atom is 0.586 e. The summed E-state index contributed by atoms with van der Waals surface area (Å²) >= 11 is 5.52. The molecule has 148 valence electrons. The van der Waals surface area contributed by atoms with Gasteiger partial charge in [0.05, 0.1) is 6.61 Å². The first-order chi connectivity index (χ1) is 12.2. The van der Waals surface area contributed by atoms with Gasteiger partial charge in [0.25, 0.3) is 0 Å². The van der Waals surface area contributed by atoms with Crippen molar-refractivity contribution in [1.82, 2.24) is 0 Å². The first-order valence-electron chi connectivity index (χ1n) is 7.16. The molecule has 0 saturated carbocycles. The number of hydrogen-bond donors (Lipinski definition) is 1. The van der Waals surface area contributed by atoms with Crippen molar-refractivity contribution < 1.29 is 41.6 Å². The minimum absolute atomic E-state index is 0. The van der Waals surface area contributed by atoms with E-state index in [0.29, 0.717) is 11.1 Å². The first-order valence-corrected chi connectivity index (χ1v) is 7.69. The van der Waals surface area contributed by atoms with Crippen LogP contribution in [0.3, 0.4) is 0 Å². The lowest BCUT2D eigenvalue weighted by Gasteiger charge is -2.04.